The molecule has 5 rings (SSSR count). The van der Waals surface area contributed by atoms with Crippen molar-refractivity contribution in [3.05, 3.63) is 114 Å². The molecule has 3 aromatic heterocycles. The minimum absolute atomic E-state index is 0.0396. The van der Waals surface area contributed by atoms with Gasteiger partial charge in [0.05, 0.1) is 17.8 Å². The van der Waals surface area contributed by atoms with Crippen LogP contribution in [-0.2, 0) is 11.3 Å². The van der Waals surface area contributed by atoms with E-state index in [0.29, 0.717) is 24.6 Å². The van der Waals surface area contributed by atoms with Crippen LogP contribution in [0.25, 0.3) is 0 Å². The zero-order chi connectivity index (χ0) is 25.8. The fourth-order valence-electron chi connectivity index (χ4n) is 4.80. The SMILES string of the molecule is Cc1ccc(C)c(NC(=O)CCN2C(=S)N[C@H](c3ccccn3)[C@@H]2c2cccn2Cc2cccnc2)c1. The second-order valence-corrected chi connectivity index (χ2v) is 9.75. The summed E-state index contributed by atoms with van der Waals surface area (Å²) < 4.78 is 2.22. The molecule has 0 bridgehead atoms. The van der Waals surface area contributed by atoms with Crippen LogP contribution in [0.2, 0.25) is 0 Å². The maximum atomic E-state index is 13.0. The number of thiocarbonyl (C=S) groups is 1. The quantitative estimate of drug-likeness (QED) is 0.327. The molecule has 7 nitrogen and oxygen atoms in total. The number of nitrogens with zero attached hydrogens (tertiary/aromatic N) is 4. The Morgan fingerprint density at radius 1 is 1.08 bits per heavy atom. The number of hydrogen-bond donors (Lipinski definition) is 2. The van der Waals surface area contributed by atoms with Crippen LogP contribution >= 0.6 is 12.2 Å². The molecule has 0 saturated carbocycles. The van der Waals surface area contributed by atoms with Crippen LogP contribution in [0.4, 0.5) is 5.69 Å². The zero-order valence-corrected chi connectivity index (χ0v) is 21.8. The summed E-state index contributed by atoms with van der Waals surface area (Å²) in [5.74, 6) is -0.0396. The monoisotopic (exact) mass is 510 g/mol. The van der Waals surface area contributed by atoms with Crippen LogP contribution in [0, 0.1) is 13.8 Å². The van der Waals surface area contributed by atoms with Gasteiger partial charge in [-0.3, -0.25) is 14.8 Å². The summed E-state index contributed by atoms with van der Waals surface area (Å²) in [6.45, 7) is 5.19. The number of aromatic nitrogens is 3. The molecule has 1 aromatic carbocycles. The summed E-state index contributed by atoms with van der Waals surface area (Å²) in [6.07, 6.45) is 7.84. The number of rotatable bonds is 8. The smallest absolute Gasteiger partial charge is 0.226 e. The van der Waals surface area contributed by atoms with Gasteiger partial charge in [-0.1, -0.05) is 24.3 Å². The minimum atomic E-state index is -0.140. The third-order valence-electron chi connectivity index (χ3n) is 6.69. The molecule has 0 spiro atoms. The van der Waals surface area contributed by atoms with Gasteiger partial charge >= 0.3 is 0 Å². The fraction of sp³-hybridized carbons (Fsp3) is 0.241. The number of nitrogens with one attached hydrogen (secondary N) is 2. The van der Waals surface area contributed by atoms with Gasteiger partial charge < -0.3 is 20.1 Å². The lowest BCUT2D eigenvalue weighted by Crippen LogP contribution is -2.33. The van der Waals surface area contributed by atoms with E-state index in [9.17, 15) is 4.79 Å². The highest BCUT2D eigenvalue weighted by Gasteiger charge is 2.41. The van der Waals surface area contributed by atoms with Crippen LogP contribution in [0.1, 0.15) is 46.6 Å². The summed E-state index contributed by atoms with van der Waals surface area (Å²) in [5, 5.41) is 7.17. The Bertz CT molecular complexity index is 1390. The largest absolute Gasteiger partial charge is 0.352 e. The summed E-state index contributed by atoms with van der Waals surface area (Å²) in [4.78, 5) is 24.0. The van der Waals surface area contributed by atoms with Gasteiger partial charge in [-0.2, -0.15) is 0 Å². The van der Waals surface area contributed by atoms with Crippen molar-refractivity contribution in [2.75, 3.05) is 11.9 Å². The molecule has 2 atom stereocenters. The maximum Gasteiger partial charge on any atom is 0.226 e. The van der Waals surface area contributed by atoms with Crippen LogP contribution < -0.4 is 10.6 Å². The minimum Gasteiger partial charge on any atom is -0.352 e. The number of amides is 1. The van der Waals surface area contributed by atoms with Crippen molar-refractivity contribution in [3.8, 4) is 0 Å². The predicted octanol–water partition coefficient (Wildman–Crippen LogP) is 4.94. The van der Waals surface area contributed by atoms with Crippen molar-refractivity contribution >= 4 is 28.9 Å². The van der Waals surface area contributed by atoms with Crippen LogP contribution in [0.3, 0.4) is 0 Å². The Kier molecular flexibility index (Phi) is 7.28. The van der Waals surface area contributed by atoms with Crippen molar-refractivity contribution < 1.29 is 4.79 Å². The number of benzene rings is 1. The first-order valence-corrected chi connectivity index (χ1v) is 12.8. The van der Waals surface area contributed by atoms with Gasteiger partial charge in [-0.25, -0.2) is 0 Å². The molecule has 37 heavy (non-hydrogen) atoms. The van der Waals surface area contributed by atoms with Crippen LogP contribution in [-0.4, -0.2) is 37.0 Å². The molecule has 1 aliphatic rings. The first kappa shape index (κ1) is 24.6. The van der Waals surface area contributed by atoms with E-state index >= 15 is 0 Å². The van der Waals surface area contributed by atoms with Crippen molar-refractivity contribution in [1.82, 2.24) is 24.8 Å². The molecule has 8 heteroatoms. The van der Waals surface area contributed by atoms with Crippen LogP contribution in [0.5, 0.6) is 0 Å². The average Bonchev–Trinajstić information content (AvgIpc) is 3.49. The molecule has 0 radical (unpaired) electrons. The lowest BCUT2D eigenvalue weighted by molar-refractivity contribution is -0.116. The van der Waals surface area contributed by atoms with E-state index in [1.165, 1.54) is 0 Å². The van der Waals surface area contributed by atoms with Gasteiger partial charge in [-0.05, 0) is 79.2 Å². The molecule has 1 saturated heterocycles. The molecule has 1 amide bonds. The number of carbonyl (C=O) groups is 1. The normalized spacial score (nSPS) is 17.0. The van der Waals surface area contributed by atoms with Crippen molar-refractivity contribution in [3.63, 3.8) is 0 Å². The van der Waals surface area contributed by atoms with E-state index in [-0.39, 0.29) is 18.0 Å². The average molecular weight is 511 g/mol. The van der Waals surface area contributed by atoms with Gasteiger partial charge in [0.25, 0.3) is 0 Å². The third-order valence-corrected chi connectivity index (χ3v) is 7.04. The molecule has 2 N–H and O–H groups in total. The standard InChI is InChI=1S/C29H30N6OS/c1-20-10-11-21(2)24(17-20)32-26(36)12-16-35-28(27(33-29(35)37)23-8-3-4-14-31-23)25-9-6-15-34(25)19-22-7-5-13-30-18-22/h3-11,13-15,17-18,27-28H,12,16,19H2,1-2H3,(H,32,36)(H,33,37)/t27-,28+/m1/s1. The molecule has 0 aliphatic carbocycles. The molecule has 1 fully saturated rings. The Labute approximate surface area is 222 Å². The molecule has 0 unspecified atom stereocenters. The van der Waals surface area contributed by atoms with E-state index in [1.807, 2.05) is 68.6 Å². The first-order valence-electron chi connectivity index (χ1n) is 12.4. The van der Waals surface area contributed by atoms with E-state index in [4.69, 9.17) is 12.2 Å². The molecular formula is C29H30N6OS. The van der Waals surface area contributed by atoms with Gasteiger partial charge in [0.1, 0.15) is 0 Å². The highest BCUT2D eigenvalue weighted by Crippen LogP contribution is 2.39. The number of carbonyl (C=O) groups excluding carboxylic acids is 1. The highest BCUT2D eigenvalue weighted by atomic mass is 32.1. The summed E-state index contributed by atoms with van der Waals surface area (Å²) >= 11 is 5.80. The van der Waals surface area contributed by atoms with Gasteiger partial charge in [0, 0.05) is 55.7 Å². The number of hydrogen-bond acceptors (Lipinski definition) is 4. The van der Waals surface area contributed by atoms with E-state index in [0.717, 1.165) is 33.8 Å². The van der Waals surface area contributed by atoms with E-state index < -0.39 is 0 Å². The Morgan fingerprint density at radius 2 is 1.97 bits per heavy atom. The summed E-state index contributed by atoms with van der Waals surface area (Å²) in [6, 6.07) is 19.9. The lowest BCUT2D eigenvalue weighted by Gasteiger charge is -2.29. The van der Waals surface area contributed by atoms with Crippen molar-refractivity contribution in [2.45, 2.75) is 38.9 Å². The maximum absolute atomic E-state index is 13.0. The lowest BCUT2D eigenvalue weighted by atomic mass is 10.0. The Balaban J connectivity index is 1.40. The van der Waals surface area contributed by atoms with Gasteiger partial charge in [0.15, 0.2) is 5.11 Å². The van der Waals surface area contributed by atoms with E-state index in [2.05, 4.69) is 48.4 Å². The Hall–Kier alpha value is -4.04. The Morgan fingerprint density at radius 3 is 2.76 bits per heavy atom. The summed E-state index contributed by atoms with van der Waals surface area (Å²) in [5.41, 5.74) is 6.12. The van der Waals surface area contributed by atoms with Crippen molar-refractivity contribution in [1.29, 1.82) is 0 Å². The second-order valence-electron chi connectivity index (χ2n) is 9.36. The molecule has 1 aliphatic heterocycles. The highest BCUT2D eigenvalue weighted by molar-refractivity contribution is 7.80. The number of anilines is 1. The topological polar surface area (TPSA) is 75.1 Å². The van der Waals surface area contributed by atoms with Crippen molar-refractivity contribution in [2.24, 2.45) is 0 Å². The summed E-state index contributed by atoms with van der Waals surface area (Å²) in [7, 11) is 0. The number of aryl methyl sites for hydroxylation is 2. The van der Waals surface area contributed by atoms with Gasteiger partial charge in [0.2, 0.25) is 5.91 Å². The van der Waals surface area contributed by atoms with Gasteiger partial charge in [-0.15, -0.1) is 0 Å². The number of pyridine rings is 2. The molecule has 4 heterocycles. The third kappa shape index (κ3) is 5.54. The predicted molar refractivity (Wildman–Crippen MR) is 149 cm³/mol. The second kappa shape index (κ2) is 10.9. The fourth-order valence-corrected chi connectivity index (χ4v) is 5.13. The first-order chi connectivity index (χ1) is 18.0. The molecule has 4 aromatic rings. The molecule has 188 valence electrons. The van der Waals surface area contributed by atoms with Crippen LogP contribution in [0.15, 0.2) is 85.5 Å². The molecular weight excluding hydrogens is 480 g/mol. The zero-order valence-electron chi connectivity index (χ0n) is 21.0. The van der Waals surface area contributed by atoms with E-state index in [1.54, 1.807) is 12.4 Å².